The van der Waals surface area contributed by atoms with Crippen molar-refractivity contribution in [3.63, 3.8) is 0 Å². The van der Waals surface area contributed by atoms with E-state index in [4.69, 9.17) is 4.74 Å². The van der Waals surface area contributed by atoms with Crippen molar-refractivity contribution in [2.45, 2.75) is 25.4 Å². The Morgan fingerprint density at radius 2 is 1.88 bits per heavy atom. The van der Waals surface area contributed by atoms with E-state index in [0.29, 0.717) is 19.4 Å². The van der Waals surface area contributed by atoms with Gasteiger partial charge in [0.15, 0.2) is 5.65 Å². The van der Waals surface area contributed by atoms with Gasteiger partial charge >= 0.3 is 0 Å². The molecule has 7 heteroatoms. The number of ether oxygens (including phenoxy) is 1. The van der Waals surface area contributed by atoms with Crippen LogP contribution in [0.1, 0.15) is 19.3 Å². The number of alkyl halides is 1. The van der Waals surface area contributed by atoms with Gasteiger partial charge in [0.1, 0.15) is 18.2 Å². The van der Waals surface area contributed by atoms with Crippen LogP contribution >= 0.6 is 0 Å². The lowest BCUT2D eigenvalue weighted by atomic mass is 10.1. The Kier molecular flexibility index (Phi) is 5.06. The van der Waals surface area contributed by atoms with Crippen LogP contribution in [0.15, 0.2) is 42.7 Å². The fourth-order valence-corrected chi connectivity index (χ4v) is 3.21. The van der Waals surface area contributed by atoms with Crippen molar-refractivity contribution < 1.29 is 9.13 Å². The highest BCUT2D eigenvalue weighted by Crippen LogP contribution is 2.21. The monoisotopic (exact) mass is 355 g/mol. The number of nitrogens with zero attached hydrogens (tertiary/aromatic N) is 5. The number of benzene rings is 1. The van der Waals surface area contributed by atoms with Crippen LogP contribution in [-0.2, 0) is 0 Å². The molecule has 1 aliphatic rings. The van der Waals surface area contributed by atoms with Gasteiger partial charge in [-0.3, -0.25) is 0 Å². The minimum absolute atomic E-state index is 0.610. The van der Waals surface area contributed by atoms with E-state index in [9.17, 15) is 4.39 Å². The number of piperidine rings is 1. The molecule has 0 spiro atoms. The van der Waals surface area contributed by atoms with Crippen LogP contribution < -0.4 is 4.74 Å². The van der Waals surface area contributed by atoms with Crippen LogP contribution in [0, 0.1) is 0 Å². The molecule has 3 heterocycles. The van der Waals surface area contributed by atoms with Gasteiger partial charge in [0.05, 0.1) is 12.3 Å². The quantitative estimate of drug-likeness (QED) is 0.636. The number of likely N-dealkylation sites (tertiary alicyclic amines) is 1. The highest BCUT2D eigenvalue weighted by molar-refractivity contribution is 5.60. The van der Waals surface area contributed by atoms with Crippen molar-refractivity contribution in [1.82, 2.24) is 24.7 Å². The Labute approximate surface area is 151 Å². The standard InChI is InChI=1S/C19H22FN5O/c20-16-8-11-24(12-9-16)10-1-13-26-17-4-2-15(3-5-17)18-6-7-19-22-21-14-25(19)23-18/h2-7,14,16H,1,8-13H2. The van der Waals surface area contributed by atoms with Crippen LogP contribution in [0.4, 0.5) is 4.39 Å². The lowest BCUT2D eigenvalue weighted by Crippen LogP contribution is -2.35. The van der Waals surface area contributed by atoms with Crippen molar-refractivity contribution >= 4 is 5.65 Å². The van der Waals surface area contributed by atoms with E-state index in [0.717, 1.165) is 48.7 Å². The van der Waals surface area contributed by atoms with Gasteiger partial charge in [-0.05, 0) is 55.7 Å². The van der Waals surface area contributed by atoms with Gasteiger partial charge in [-0.1, -0.05) is 0 Å². The molecule has 6 nitrogen and oxygen atoms in total. The predicted molar refractivity (Wildman–Crippen MR) is 96.9 cm³/mol. The van der Waals surface area contributed by atoms with Crippen LogP contribution in [-0.4, -0.2) is 57.1 Å². The largest absolute Gasteiger partial charge is 0.494 e. The average molecular weight is 355 g/mol. The summed E-state index contributed by atoms with van der Waals surface area (Å²) >= 11 is 0. The third-order valence-electron chi connectivity index (χ3n) is 4.72. The first-order valence-electron chi connectivity index (χ1n) is 9.05. The van der Waals surface area contributed by atoms with Gasteiger partial charge < -0.3 is 9.64 Å². The zero-order chi connectivity index (χ0) is 17.8. The van der Waals surface area contributed by atoms with E-state index >= 15 is 0 Å². The van der Waals surface area contributed by atoms with Crippen molar-refractivity contribution in [2.75, 3.05) is 26.2 Å². The smallest absolute Gasteiger partial charge is 0.177 e. The molecule has 0 atom stereocenters. The van der Waals surface area contributed by atoms with Crippen LogP contribution in [0.3, 0.4) is 0 Å². The molecule has 26 heavy (non-hydrogen) atoms. The normalized spacial score (nSPS) is 16.2. The SMILES string of the molecule is FC1CCN(CCCOc2ccc(-c3ccc4nncn4n3)cc2)CC1. The van der Waals surface area contributed by atoms with Crippen molar-refractivity contribution in [1.29, 1.82) is 0 Å². The van der Waals surface area contributed by atoms with Gasteiger partial charge in [0, 0.05) is 25.2 Å². The Bertz CT molecular complexity index is 843. The second kappa shape index (κ2) is 7.78. The van der Waals surface area contributed by atoms with Gasteiger partial charge in [-0.15, -0.1) is 10.2 Å². The summed E-state index contributed by atoms with van der Waals surface area (Å²) in [5.41, 5.74) is 2.60. The molecule has 1 saturated heterocycles. The maximum atomic E-state index is 13.1. The lowest BCUT2D eigenvalue weighted by Gasteiger charge is -2.28. The van der Waals surface area contributed by atoms with E-state index < -0.39 is 6.17 Å². The Hall–Kier alpha value is -2.54. The minimum atomic E-state index is -0.610. The third-order valence-corrected chi connectivity index (χ3v) is 4.72. The Balaban J connectivity index is 1.27. The minimum Gasteiger partial charge on any atom is -0.494 e. The summed E-state index contributed by atoms with van der Waals surface area (Å²) in [6, 6.07) is 11.7. The Morgan fingerprint density at radius 1 is 1.08 bits per heavy atom. The molecule has 4 rings (SSSR count). The highest BCUT2D eigenvalue weighted by Gasteiger charge is 2.17. The number of hydrogen-bond donors (Lipinski definition) is 0. The highest BCUT2D eigenvalue weighted by atomic mass is 19.1. The summed E-state index contributed by atoms with van der Waals surface area (Å²) in [5, 5.41) is 12.3. The molecule has 0 unspecified atom stereocenters. The number of rotatable bonds is 6. The fraction of sp³-hybridized carbons (Fsp3) is 0.421. The molecular formula is C19H22FN5O. The summed E-state index contributed by atoms with van der Waals surface area (Å²) in [5.74, 6) is 0.849. The van der Waals surface area contributed by atoms with Gasteiger partial charge in [-0.25, -0.2) is 4.39 Å². The zero-order valence-corrected chi connectivity index (χ0v) is 14.6. The first-order valence-corrected chi connectivity index (χ1v) is 9.05. The molecule has 0 N–H and O–H groups in total. The molecule has 0 amide bonds. The zero-order valence-electron chi connectivity index (χ0n) is 14.6. The fourth-order valence-electron chi connectivity index (χ4n) is 3.21. The van der Waals surface area contributed by atoms with Crippen molar-refractivity contribution in [2.24, 2.45) is 0 Å². The van der Waals surface area contributed by atoms with E-state index in [-0.39, 0.29) is 0 Å². The molecule has 0 radical (unpaired) electrons. The molecule has 1 aromatic carbocycles. The summed E-state index contributed by atoms with van der Waals surface area (Å²) in [7, 11) is 0. The van der Waals surface area contributed by atoms with Crippen molar-refractivity contribution in [3.05, 3.63) is 42.7 Å². The second-order valence-corrected chi connectivity index (χ2v) is 6.59. The molecule has 136 valence electrons. The van der Waals surface area contributed by atoms with Gasteiger partial charge in [0.25, 0.3) is 0 Å². The molecule has 1 aliphatic heterocycles. The molecule has 0 bridgehead atoms. The second-order valence-electron chi connectivity index (χ2n) is 6.59. The van der Waals surface area contributed by atoms with E-state index in [1.165, 1.54) is 0 Å². The third kappa shape index (κ3) is 3.99. The molecule has 1 fully saturated rings. The molecule has 2 aromatic heterocycles. The summed E-state index contributed by atoms with van der Waals surface area (Å²) in [6.07, 6.45) is 3.26. The van der Waals surface area contributed by atoms with E-state index in [1.807, 2.05) is 36.4 Å². The topological polar surface area (TPSA) is 55.5 Å². The predicted octanol–water partition coefficient (Wildman–Crippen LogP) is 2.99. The van der Waals surface area contributed by atoms with E-state index in [1.54, 1.807) is 10.8 Å². The summed E-state index contributed by atoms with van der Waals surface area (Å²) < 4.78 is 20.6. The lowest BCUT2D eigenvalue weighted by molar-refractivity contribution is 0.143. The van der Waals surface area contributed by atoms with Gasteiger partial charge in [-0.2, -0.15) is 9.61 Å². The molecular weight excluding hydrogens is 333 g/mol. The number of fused-ring (bicyclic) bond motifs is 1. The number of halogens is 1. The van der Waals surface area contributed by atoms with Crippen molar-refractivity contribution in [3.8, 4) is 17.0 Å². The maximum absolute atomic E-state index is 13.1. The average Bonchev–Trinajstić information content (AvgIpc) is 3.15. The van der Waals surface area contributed by atoms with Crippen LogP contribution in [0.25, 0.3) is 16.9 Å². The van der Waals surface area contributed by atoms with Crippen LogP contribution in [0.5, 0.6) is 5.75 Å². The summed E-state index contributed by atoms with van der Waals surface area (Å²) in [6.45, 7) is 3.35. The maximum Gasteiger partial charge on any atom is 0.177 e. The first kappa shape index (κ1) is 16.9. The molecule has 0 saturated carbocycles. The number of hydrogen-bond acceptors (Lipinski definition) is 5. The Morgan fingerprint density at radius 3 is 2.69 bits per heavy atom. The summed E-state index contributed by atoms with van der Waals surface area (Å²) in [4.78, 5) is 2.31. The molecule has 0 aliphatic carbocycles. The first-order chi connectivity index (χ1) is 12.8. The van der Waals surface area contributed by atoms with E-state index in [2.05, 4.69) is 20.2 Å². The van der Waals surface area contributed by atoms with Gasteiger partial charge in [0.2, 0.25) is 0 Å². The molecule has 3 aromatic rings. The van der Waals surface area contributed by atoms with Crippen LogP contribution in [0.2, 0.25) is 0 Å². The number of aromatic nitrogens is 4.